The number of ether oxygens (including phenoxy) is 2. The average molecular weight is 278 g/mol. The predicted octanol–water partition coefficient (Wildman–Crippen LogP) is 0.155. The summed E-state index contributed by atoms with van der Waals surface area (Å²) in [4.78, 5) is 26.3. The maximum absolute atomic E-state index is 12.2. The highest BCUT2D eigenvalue weighted by atomic mass is 16.5. The van der Waals surface area contributed by atoms with Gasteiger partial charge in [-0.25, -0.2) is 0 Å². The van der Waals surface area contributed by atoms with Gasteiger partial charge in [0.15, 0.2) is 0 Å². The van der Waals surface area contributed by atoms with E-state index in [4.69, 9.17) is 9.47 Å². The van der Waals surface area contributed by atoms with Gasteiger partial charge in [0.1, 0.15) is 5.56 Å². The van der Waals surface area contributed by atoms with Crippen LogP contribution in [-0.4, -0.2) is 43.4 Å². The molecule has 1 aromatic rings. The van der Waals surface area contributed by atoms with E-state index in [-0.39, 0.29) is 35.1 Å². The maximum atomic E-state index is 12.2. The molecule has 3 rings (SSSR count). The number of carbonyl (C=O) groups is 1. The first-order chi connectivity index (χ1) is 9.72. The van der Waals surface area contributed by atoms with Crippen molar-refractivity contribution < 1.29 is 14.3 Å². The van der Waals surface area contributed by atoms with Crippen LogP contribution in [0.5, 0.6) is 0 Å². The molecule has 0 radical (unpaired) electrons. The van der Waals surface area contributed by atoms with E-state index in [1.165, 1.54) is 12.3 Å². The van der Waals surface area contributed by atoms with Crippen molar-refractivity contribution >= 4 is 5.91 Å². The van der Waals surface area contributed by atoms with Crippen molar-refractivity contribution in [2.45, 2.75) is 18.6 Å². The van der Waals surface area contributed by atoms with Crippen molar-refractivity contribution in [1.82, 2.24) is 10.3 Å². The number of hydrogen-bond donors (Lipinski definition) is 2. The number of rotatable bonds is 4. The molecule has 2 heterocycles. The van der Waals surface area contributed by atoms with Gasteiger partial charge in [0, 0.05) is 37.8 Å². The van der Waals surface area contributed by atoms with E-state index in [0.717, 1.165) is 13.0 Å². The summed E-state index contributed by atoms with van der Waals surface area (Å²) in [6, 6.07) is 3.20. The third-order valence-corrected chi connectivity index (χ3v) is 4.25. The van der Waals surface area contributed by atoms with Crippen molar-refractivity contribution in [2.75, 3.05) is 20.3 Å². The Labute approximate surface area is 116 Å². The predicted molar refractivity (Wildman–Crippen MR) is 71.5 cm³/mol. The molecule has 1 aliphatic carbocycles. The molecule has 0 spiro atoms. The summed E-state index contributed by atoms with van der Waals surface area (Å²) in [5.41, 5.74) is -0.224. The number of nitrogens with one attached hydrogen (secondary N) is 2. The minimum atomic E-state index is -0.369. The zero-order valence-electron chi connectivity index (χ0n) is 11.3. The SMILES string of the molecule is COC[C@@H]1[C@H](NC(=O)c2ccc[nH]c2=O)[C@@H]2CCO[C@H]12. The van der Waals surface area contributed by atoms with Gasteiger partial charge in [0.25, 0.3) is 11.5 Å². The number of amides is 1. The lowest BCUT2D eigenvalue weighted by Crippen LogP contribution is -2.63. The quantitative estimate of drug-likeness (QED) is 0.822. The first-order valence-corrected chi connectivity index (χ1v) is 6.81. The van der Waals surface area contributed by atoms with Crippen LogP contribution in [-0.2, 0) is 9.47 Å². The molecule has 6 heteroatoms. The van der Waals surface area contributed by atoms with Gasteiger partial charge < -0.3 is 19.8 Å². The van der Waals surface area contributed by atoms with E-state index in [2.05, 4.69) is 10.3 Å². The lowest BCUT2D eigenvalue weighted by atomic mass is 9.67. The highest BCUT2D eigenvalue weighted by molar-refractivity contribution is 5.94. The van der Waals surface area contributed by atoms with Crippen LogP contribution in [0.15, 0.2) is 23.1 Å². The minimum Gasteiger partial charge on any atom is -0.384 e. The van der Waals surface area contributed by atoms with E-state index in [9.17, 15) is 9.59 Å². The Kier molecular flexibility index (Phi) is 3.58. The lowest BCUT2D eigenvalue weighted by Gasteiger charge is -2.47. The van der Waals surface area contributed by atoms with Gasteiger partial charge in [-0.3, -0.25) is 9.59 Å². The number of methoxy groups -OCH3 is 1. The Balaban J connectivity index is 1.72. The summed E-state index contributed by atoms with van der Waals surface area (Å²) in [5, 5.41) is 2.96. The number of aromatic amines is 1. The molecule has 1 aromatic heterocycles. The van der Waals surface area contributed by atoms with Gasteiger partial charge in [-0.1, -0.05) is 0 Å². The van der Waals surface area contributed by atoms with Crippen LogP contribution < -0.4 is 10.9 Å². The number of fused-ring (bicyclic) bond motifs is 1. The molecule has 0 unspecified atom stereocenters. The molecule has 2 fully saturated rings. The molecule has 0 bridgehead atoms. The Morgan fingerprint density at radius 2 is 2.45 bits per heavy atom. The summed E-state index contributed by atoms with van der Waals surface area (Å²) >= 11 is 0. The molecular formula is C14H18N2O4. The van der Waals surface area contributed by atoms with Gasteiger partial charge in [-0.2, -0.15) is 0 Å². The van der Waals surface area contributed by atoms with Crippen LogP contribution in [0.2, 0.25) is 0 Å². The molecule has 20 heavy (non-hydrogen) atoms. The Hall–Kier alpha value is -1.66. The van der Waals surface area contributed by atoms with Crippen molar-refractivity contribution in [3.8, 4) is 0 Å². The van der Waals surface area contributed by atoms with Crippen LogP contribution in [0.3, 0.4) is 0 Å². The van der Waals surface area contributed by atoms with Crippen molar-refractivity contribution in [3.05, 3.63) is 34.2 Å². The third-order valence-electron chi connectivity index (χ3n) is 4.25. The number of pyridine rings is 1. The van der Waals surface area contributed by atoms with Crippen molar-refractivity contribution in [3.63, 3.8) is 0 Å². The molecule has 4 atom stereocenters. The zero-order chi connectivity index (χ0) is 14.1. The van der Waals surface area contributed by atoms with E-state index >= 15 is 0 Å². The molecule has 1 aliphatic heterocycles. The Morgan fingerprint density at radius 1 is 1.60 bits per heavy atom. The summed E-state index contributed by atoms with van der Waals surface area (Å²) in [7, 11) is 1.64. The maximum Gasteiger partial charge on any atom is 0.260 e. The normalized spacial score (nSPS) is 31.4. The minimum absolute atomic E-state index is 0.0227. The van der Waals surface area contributed by atoms with Crippen LogP contribution >= 0.6 is 0 Å². The number of aromatic nitrogens is 1. The van der Waals surface area contributed by atoms with Crippen LogP contribution in [0, 0.1) is 11.8 Å². The fraction of sp³-hybridized carbons (Fsp3) is 0.571. The van der Waals surface area contributed by atoms with E-state index in [0.29, 0.717) is 12.5 Å². The van der Waals surface area contributed by atoms with Gasteiger partial charge in [0.05, 0.1) is 12.7 Å². The number of hydrogen-bond acceptors (Lipinski definition) is 4. The first kappa shape index (κ1) is 13.3. The molecule has 2 aliphatic rings. The van der Waals surface area contributed by atoms with Gasteiger partial charge >= 0.3 is 0 Å². The average Bonchev–Trinajstić information content (AvgIpc) is 2.87. The fourth-order valence-corrected chi connectivity index (χ4v) is 3.26. The second-order valence-electron chi connectivity index (χ2n) is 5.32. The summed E-state index contributed by atoms with van der Waals surface area (Å²) < 4.78 is 10.9. The van der Waals surface area contributed by atoms with Crippen LogP contribution in [0.4, 0.5) is 0 Å². The number of H-pyrrole nitrogens is 1. The van der Waals surface area contributed by atoms with E-state index < -0.39 is 0 Å². The summed E-state index contributed by atoms with van der Waals surface area (Å²) in [6.07, 6.45) is 2.63. The third kappa shape index (κ3) is 2.14. The topological polar surface area (TPSA) is 80.4 Å². The van der Waals surface area contributed by atoms with Gasteiger partial charge in [-0.15, -0.1) is 0 Å². The van der Waals surface area contributed by atoms with Gasteiger partial charge in [0.2, 0.25) is 0 Å². The standard InChI is InChI=1S/C14H18N2O4/c1-19-7-10-11(8-4-6-20-12(8)10)16-14(18)9-3-2-5-15-13(9)17/h2-3,5,8,10-12H,4,6-7H2,1H3,(H,15,17)(H,16,18)/t8-,10+,11+,12-/m0/s1. The molecule has 0 aromatic carbocycles. The largest absolute Gasteiger partial charge is 0.384 e. The van der Waals surface area contributed by atoms with Crippen molar-refractivity contribution in [1.29, 1.82) is 0 Å². The molecule has 1 amide bonds. The molecule has 1 saturated heterocycles. The molecule has 6 nitrogen and oxygen atoms in total. The fourth-order valence-electron chi connectivity index (χ4n) is 3.26. The Morgan fingerprint density at radius 3 is 3.20 bits per heavy atom. The zero-order valence-corrected chi connectivity index (χ0v) is 11.3. The number of carbonyl (C=O) groups excluding carboxylic acids is 1. The van der Waals surface area contributed by atoms with E-state index in [1.807, 2.05) is 0 Å². The highest BCUT2D eigenvalue weighted by Gasteiger charge is 2.54. The monoisotopic (exact) mass is 278 g/mol. The second kappa shape index (κ2) is 5.38. The highest BCUT2D eigenvalue weighted by Crippen LogP contribution is 2.43. The van der Waals surface area contributed by atoms with E-state index in [1.54, 1.807) is 13.2 Å². The second-order valence-corrected chi connectivity index (χ2v) is 5.32. The van der Waals surface area contributed by atoms with Crippen molar-refractivity contribution in [2.24, 2.45) is 11.8 Å². The Bertz CT molecular complexity index is 556. The van der Waals surface area contributed by atoms with Gasteiger partial charge in [-0.05, 0) is 18.6 Å². The first-order valence-electron chi connectivity index (χ1n) is 6.81. The molecular weight excluding hydrogens is 260 g/mol. The lowest BCUT2D eigenvalue weighted by molar-refractivity contribution is -0.0809. The van der Waals surface area contributed by atoms with Crippen LogP contribution in [0.25, 0.3) is 0 Å². The summed E-state index contributed by atoms with van der Waals surface area (Å²) in [6.45, 7) is 1.28. The summed E-state index contributed by atoms with van der Waals surface area (Å²) in [5.74, 6) is 0.171. The molecule has 108 valence electrons. The molecule has 2 N–H and O–H groups in total. The van der Waals surface area contributed by atoms with Crippen LogP contribution in [0.1, 0.15) is 16.8 Å². The smallest absolute Gasteiger partial charge is 0.260 e. The molecule has 1 saturated carbocycles.